The fraction of sp³-hybridized carbons (Fsp3) is 0.438. The van der Waals surface area contributed by atoms with Crippen LogP contribution in [-0.2, 0) is 6.54 Å². The second kappa shape index (κ2) is 6.70. The summed E-state index contributed by atoms with van der Waals surface area (Å²) in [6.07, 6.45) is 3.90. The molecule has 1 saturated heterocycles. The van der Waals surface area contributed by atoms with Gasteiger partial charge in [0.15, 0.2) is 5.82 Å². The number of nitrogens with one attached hydrogen (secondary N) is 2. The lowest BCUT2D eigenvalue weighted by atomic mass is 10.1. The maximum atomic E-state index is 5.84. The highest BCUT2D eigenvalue weighted by Gasteiger charge is 2.16. The van der Waals surface area contributed by atoms with Crippen molar-refractivity contribution in [2.75, 3.05) is 24.1 Å². The fourth-order valence-corrected chi connectivity index (χ4v) is 2.86. The van der Waals surface area contributed by atoms with Crippen molar-refractivity contribution in [2.24, 2.45) is 0 Å². The van der Waals surface area contributed by atoms with Crippen molar-refractivity contribution < 1.29 is 4.90 Å². The largest absolute Gasteiger partial charge is 0.368 e. The number of para-hydroxylation sites is 1. The van der Waals surface area contributed by atoms with E-state index in [9.17, 15) is 0 Å². The molecule has 0 aliphatic carbocycles. The molecule has 3 rings (SSSR count). The number of nitrogens with two attached hydrogens (primary N) is 1. The first-order valence-corrected chi connectivity index (χ1v) is 7.87. The number of benzene rings is 1. The maximum Gasteiger partial charge on any atom is 0.232 e. The normalized spacial score (nSPS) is 15.7. The molecule has 116 valence electrons. The third-order valence-electron chi connectivity index (χ3n) is 4.06. The molecule has 0 amide bonds. The first kappa shape index (κ1) is 14.7. The van der Waals surface area contributed by atoms with Crippen LogP contribution in [0.3, 0.4) is 0 Å². The van der Waals surface area contributed by atoms with Crippen molar-refractivity contribution in [2.45, 2.75) is 32.7 Å². The Morgan fingerprint density at radius 3 is 2.64 bits per heavy atom. The van der Waals surface area contributed by atoms with E-state index in [4.69, 9.17) is 5.73 Å². The Labute approximate surface area is 130 Å². The molecule has 6 heteroatoms. The first-order valence-electron chi connectivity index (χ1n) is 7.87. The molecule has 22 heavy (non-hydrogen) atoms. The number of rotatable bonds is 4. The minimum atomic E-state index is 0.275. The highest BCUT2D eigenvalue weighted by Crippen LogP contribution is 2.17. The summed E-state index contributed by atoms with van der Waals surface area (Å²) >= 11 is 0. The lowest BCUT2D eigenvalue weighted by Crippen LogP contribution is -3.11. The van der Waals surface area contributed by atoms with Gasteiger partial charge in [-0.25, -0.2) is 0 Å². The summed E-state index contributed by atoms with van der Waals surface area (Å²) in [5.74, 6) is 1.56. The van der Waals surface area contributed by atoms with Crippen LogP contribution in [0.2, 0.25) is 0 Å². The van der Waals surface area contributed by atoms with Gasteiger partial charge in [0, 0.05) is 5.69 Å². The van der Waals surface area contributed by atoms with E-state index < -0.39 is 0 Å². The molecule has 1 fully saturated rings. The Morgan fingerprint density at radius 2 is 1.86 bits per heavy atom. The standard InChI is InChI=1S/C16H22N6/c1-12-7-3-4-8-13(12)18-16-20-14(19-15(17)21-16)11-22-9-5-2-6-10-22/h3-4,7-8H,2,5-6,9-11H2,1H3,(H3,17,18,19,20,21)/p+1. The van der Waals surface area contributed by atoms with E-state index in [1.54, 1.807) is 0 Å². The van der Waals surface area contributed by atoms with Crippen LogP contribution >= 0.6 is 0 Å². The van der Waals surface area contributed by atoms with Gasteiger partial charge in [-0.1, -0.05) is 18.2 Å². The van der Waals surface area contributed by atoms with E-state index in [-0.39, 0.29) is 5.95 Å². The van der Waals surface area contributed by atoms with E-state index in [0.717, 1.165) is 23.6 Å². The average Bonchev–Trinajstić information content (AvgIpc) is 2.50. The zero-order chi connectivity index (χ0) is 15.4. The SMILES string of the molecule is Cc1ccccc1Nc1nc(N)nc(C[NH+]2CCCCC2)n1. The molecule has 1 aliphatic heterocycles. The third kappa shape index (κ3) is 3.71. The van der Waals surface area contributed by atoms with Crippen LogP contribution in [0.5, 0.6) is 0 Å². The third-order valence-corrected chi connectivity index (χ3v) is 4.06. The first-order chi connectivity index (χ1) is 10.7. The van der Waals surface area contributed by atoms with Gasteiger partial charge in [-0.2, -0.15) is 15.0 Å². The van der Waals surface area contributed by atoms with Crippen LogP contribution in [0.15, 0.2) is 24.3 Å². The highest BCUT2D eigenvalue weighted by molar-refractivity contribution is 5.58. The van der Waals surface area contributed by atoms with Gasteiger partial charge in [0.25, 0.3) is 0 Å². The molecule has 0 bridgehead atoms. The number of aromatic nitrogens is 3. The quantitative estimate of drug-likeness (QED) is 0.787. The number of likely N-dealkylation sites (tertiary alicyclic amines) is 1. The van der Waals surface area contributed by atoms with E-state index in [2.05, 4.69) is 20.3 Å². The summed E-state index contributed by atoms with van der Waals surface area (Å²) in [5.41, 5.74) is 7.98. The molecule has 0 unspecified atom stereocenters. The molecule has 1 aromatic carbocycles. The zero-order valence-electron chi connectivity index (χ0n) is 13.0. The summed E-state index contributed by atoms with van der Waals surface area (Å²) in [7, 11) is 0. The Kier molecular flexibility index (Phi) is 4.48. The number of anilines is 3. The van der Waals surface area contributed by atoms with Gasteiger partial charge in [-0.3, -0.25) is 0 Å². The van der Waals surface area contributed by atoms with Crippen molar-refractivity contribution in [3.8, 4) is 0 Å². The van der Waals surface area contributed by atoms with Crippen LogP contribution in [0.25, 0.3) is 0 Å². The lowest BCUT2D eigenvalue weighted by molar-refractivity contribution is -0.919. The van der Waals surface area contributed by atoms with Gasteiger partial charge >= 0.3 is 0 Å². The Balaban J connectivity index is 1.76. The van der Waals surface area contributed by atoms with Crippen molar-refractivity contribution in [3.05, 3.63) is 35.7 Å². The second-order valence-corrected chi connectivity index (χ2v) is 5.86. The maximum absolute atomic E-state index is 5.84. The van der Waals surface area contributed by atoms with Gasteiger partial charge in [-0.15, -0.1) is 0 Å². The topological polar surface area (TPSA) is 81.2 Å². The van der Waals surface area contributed by atoms with E-state index in [1.807, 2.05) is 31.2 Å². The molecule has 1 aromatic heterocycles. The molecular weight excluding hydrogens is 276 g/mol. The Hall–Kier alpha value is -2.21. The highest BCUT2D eigenvalue weighted by atomic mass is 15.2. The summed E-state index contributed by atoms with van der Waals surface area (Å²) < 4.78 is 0. The number of aryl methyl sites for hydroxylation is 1. The zero-order valence-corrected chi connectivity index (χ0v) is 13.0. The number of nitrogens with zero attached hydrogens (tertiary/aromatic N) is 3. The van der Waals surface area contributed by atoms with Crippen molar-refractivity contribution >= 4 is 17.6 Å². The number of piperidine rings is 1. The average molecular weight is 299 g/mol. The molecule has 2 aromatic rings. The Bertz CT molecular complexity index is 636. The molecule has 0 atom stereocenters. The van der Waals surface area contributed by atoms with Crippen LogP contribution in [0, 0.1) is 6.92 Å². The summed E-state index contributed by atoms with van der Waals surface area (Å²) in [6.45, 7) is 5.24. The molecule has 2 heterocycles. The van der Waals surface area contributed by atoms with E-state index in [1.165, 1.54) is 37.3 Å². The molecular formula is C16H23N6+. The van der Waals surface area contributed by atoms with Gasteiger partial charge < -0.3 is 16.0 Å². The van der Waals surface area contributed by atoms with Gasteiger partial charge in [0.05, 0.1) is 13.1 Å². The van der Waals surface area contributed by atoms with Crippen molar-refractivity contribution in [1.29, 1.82) is 0 Å². The van der Waals surface area contributed by atoms with Crippen LogP contribution in [0.1, 0.15) is 30.7 Å². The van der Waals surface area contributed by atoms with Crippen LogP contribution < -0.4 is 16.0 Å². The van der Waals surface area contributed by atoms with E-state index >= 15 is 0 Å². The molecule has 0 saturated carbocycles. The minimum Gasteiger partial charge on any atom is -0.368 e. The number of nitrogen functional groups attached to an aromatic ring is 1. The second-order valence-electron chi connectivity index (χ2n) is 5.86. The summed E-state index contributed by atoms with van der Waals surface area (Å²) in [6, 6.07) is 8.04. The molecule has 0 spiro atoms. The molecule has 1 aliphatic rings. The van der Waals surface area contributed by atoms with Crippen molar-refractivity contribution in [1.82, 2.24) is 15.0 Å². The van der Waals surface area contributed by atoms with Crippen LogP contribution in [-0.4, -0.2) is 28.0 Å². The van der Waals surface area contributed by atoms with Gasteiger partial charge in [0.1, 0.15) is 6.54 Å². The van der Waals surface area contributed by atoms with E-state index in [0.29, 0.717) is 5.95 Å². The fourth-order valence-electron chi connectivity index (χ4n) is 2.86. The number of hydrogen-bond acceptors (Lipinski definition) is 5. The predicted molar refractivity (Wildman–Crippen MR) is 87.0 cm³/mol. The van der Waals surface area contributed by atoms with Crippen molar-refractivity contribution in [3.63, 3.8) is 0 Å². The molecule has 4 N–H and O–H groups in total. The summed E-state index contributed by atoms with van der Waals surface area (Å²) in [5, 5.41) is 3.24. The Morgan fingerprint density at radius 1 is 1.09 bits per heavy atom. The number of hydrogen-bond donors (Lipinski definition) is 3. The monoisotopic (exact) mass is 299 g/mol. The minimum absolute atomic E-state index is 0.275. The van der Waals surface area contributed by atoms with Gasteiger partial charge in [-0.05, 0) is 37.8 Å². The predicted octanol–water partition coefficient (Wildman–Crippen LogP) is 1.07. The lowest BCUT2D eigenvalue weighted by Gasteiger charge is -2.22. The summed E-state index contributed by atoms with van der Waals surface area (Å²) in [4.78, 5) is 14.5. The number of quaternary nitrogens is 1. The van der Waals surface area contributed by atoms with Crippen LogP contribution in [0.4, 0.5) is 17.6 Å². The smallest absolute Gasteiger partial charge is 0.232 e. The molecule has 6 nitrogen and oxygen atoms in total. The molecule has 0 radical (unpaired) electrons. The van der Waals surface area contributed by atoms with Gasteiger partial charge in [0.2, 0.25) is 11.9 Å².